The van der Waals surface area contributed by atoms with E-state index < -0.39 is 6.10 Å². The average molecular weight is 498 g/mol. The molecule has 192 valence electrons. The topological polar surface area (TPSA) is 109 Å². The normalized spacial score (nSPS) is 19.5. The van der Waals surface area contributed by atoms with E-state index in [4.69, 9.17) is 28.7 Å². The molecule has 3 aromatic rings. The van der Waals surface area contributed by atoms with E-state index in [9.17, 15) is 4.79 Å². The van der Waals surface area contributed by atoms with E-state index in [-0.39, 0.29) is 18.6 Å². The Morgan fingerprint density at radius 3 is 2.92 bits per heavy atom. The van der Waals surface area contributed by atoms with Crippen molar-refractivity contribution in [1.82, 2.24) is 19.5 Å². The van der Waals surface area contributed by atoms with Crippen LogP contribution >= 0.6 is 0 Å². The average Bonchev–Trinajstić information content (AvgIpc) is 3.42. The summed E-state index contributed by atoms with van der Waals surface area (Å²) in [6.45, 7) is 4.59. The molecule has 1 amide bonds. The molecule has 0 spiro atoms. The van der Waals surface area contributed by atoms with Crippen molar-refractivity contribution in [3.63, 3.8) is 0 Å². The van der Waals surface area contributed by atoms with Crippen molar-refractivity contribution in [3.05, 3.63) is 30.6 Å². The van der Waals surface area contributed by atoms with Crippen molar-refractivity contribution in [3.8, 4) is 28.5 Å². The smallest absolute Gasteiger partial charge is 0.260 e. The van der Waals surface area contributed by atoms with Crippen molar-refractivity contribution in [2.75, 3.05) is 59.1 Å². The zero-order chi connectivity index (χ0) is 25.1. The van der Waals surface area contributed by atoms with Gasteiger partial charge in [0.2, 0.25) is 0 Å². The van der Waals surface area contributed by atoms with Crippen LogP contribution in [0.15, 0.2) is 30.6 Å². The van der Waals surface area contributed by atoms with E-state index in [0.717, 1.165) is 22.6 Å². The third kappa shape index (κ3) is 4.76. The number of carbonyl (C=O) groups is 1. The van der Waals surface area contributed by atoms with E-state index >= 15 is 0 Å². The number of anilines is 1. The van der Waals surface area contributed by atoms with Crippen LogP contribution in [0.2, 0.25) is 0 Å². The molecule has 36 heavy (non-hydrogen) atoms. The summed E-state index contributed by atoms with van der Waals surface area (Å²) in [6.07, 6.45) is 3.50. The second kappa shape index (κ2) is 10.6. The van der Waals surface area contributed by atoms with Gasteiger partial charge in [-0.25, -0.2) is 4.52 Å². The molecule has 2 aromatic heterocycles. The number of hydrogen-bond acceptors (Lipinski definition) is 9. The fourth-order valence-corrected chi connectivity index (χ4v) is 4.63. The molecule has 4 heterocycles. The zero-order valence-electron chi connectivity index (χ0n) is 20.7. The van der Waals surface area contributed by atoms with E-state index in [2.05, 4.69) is 10.4 Å². The van der Waals surface area contributed by atoms with E-state index in [1.165, 1.54) is 0 Å². The van der Waals surface area contributed by atoms with Gasteiger partial charge in [-0.05, 0) is 24.6 Å². The lowest BCUT2D eigenvalue weighted by atomic mass is 10.1. The first kappa shape index (κ1) is 24.1. The molecule has 1 fully saturated rings. The van der Waals surface area contributed by atoms with Gasteiger partial charge in [0, 0.05) is 43.9 Å². The number of benzene rings is 1. The Bertz CT molecular complexity index is 1230. The lowest BCUT2D eigenvalue weighted by Gasteiger charge is -2.25. The van der Waals surface area contributed by atoms with E-state index in [1.807, 2.05) is 30.0 Å². The minimum Gasteiger partial charge on any atom is -0.494 e. The van der Waals surface area contributed by atoms with Crippen LogP contribution in [-0.4, -0.2) is 91.3 Å². The number of ether oxygens (including phenoxy) is 5. The molecule has 4 bridgehead atoms. The van der Waals surface area contributed by atoms with Crippen LogP contribution in [0.4, 0.5) is 5.69 Å². The number of hydrogen-bond donors (Lipinski definition) is 1. The minimum atomic E-state index is -0.531. The van der Waals surface area contributed by atoms with Gasteiger partial charge in [0.1, 0.15) is 18.5 Å². The highest BCUT2D eigenvalue weighted by atomic mass is 16.5. The number of nitrogens with one attached hydrogen (secondary N) is 1. The Labute approximate surface area is 209 Å². The van der Waals surface area contributed by atoms with Gasteiger partial charge in [0.25, 0.3) is 11.8 Å². The molecule has 5 rings (SSSR count). The van der Waals surface area contributed by atoms with Gasteiger partial charge < -0.3 is 33.9 Å². The largest absolute Gasteiger partial charge is 0.494 e. The Kier molecular flexibility index (Phi) is 7.10. The van der Waals surface area contributed by atoms with Gasteiger partial charge in [-0.3, -0.25) is 4.79 Å². The molecule has 11 heteroatoms. The van der Waals surface area contributed by atoms with Gasteiger partial charge in [-0.15, -0.1) is 0 Å². The van der Waals surface area contributed by atoms with Gasteiger partial charge in [-0.1, -0.05) is 0 Å². The molecule has 0 radical (unpaired) electrons. The predicted molar refractivity (Wildman–Crippen MR) is 132 cm³/mol. The van der Waals surface area contributed by atoms with E-state index in [0.29, 0.717) is 56.6 Å². The molecule has 2 aliphatic heterocycles. The minimum absolute atomic E-state index is 0.0502. The SMILES string of the molecule is CCOc1cc2cc(c1)-c1cnn3cc(OC)c(nc13)OC[C@@H]1C[C@@H](OCCOC)C(=O)N1CCN2. The number of rotatable bonds is 7. The third-order valence-corrected chi connectivity index (χ3v) is 6.36. The number of fused-ring (bicyclic) bond motifs is 5. The zero-order valence-corrected chi connectivity index (χ0v) is 20.7. The molecule has 0 aliphatic carbocycles. The molecule has 2 aliphatic rings. The molecule has 1 aromatic carbocycles. The second-order valence-electron chi connectivity index (χ2n) is 8.63. The summed E-state index contributed by atoms with van der Waals surface area (Å²) in [5.74, 6) is 1.49. The monoisotopic (exact) mass is 497 g/mol. The maximum atomic E-state index is 13.2. The van der Waals surface area contributed by atoms with Gasteiger partial charge in [-0.2, -0.15) is 10.1 Å². The molecule has 0 unspecified atom stereocenters. The quantitative estimate of drug-likeness (QED) is 0.492. The summed E-state index contributed by atoms with van der Waals surface area (Å²) in [6, 6.07) is 5.77. The molecule has 11 nitrogen and oxygen atoms in total. The maximum Gasteiger partial charge on any atom is 0.260 e. The Balaban J connectivity index is 1.53. The number of nitrogens with zero attached hydrogens (tertiary/aromatic N) is 4. The highest BCUT2D eigenvalue weighted by molar-refractivity contribution is 5.84. The van der Waals surface area contributed by atoms with Crippen molar-refractivity contribution in [2.24, 2.45) is 0 Å². The molecule has 0 saturated carbocycles. The molecular formula is C25H31N5O6. The number of amides is 1. The Morgan fingerprint density at radius 1 is 1.22 bits per heavy atom. The fraction of sp³-hybridized carbons (Fsp3) is 0.480. The van der Waals surface area contributed by atoms with Crippen LogP contribution in [0.5, 0.6) is 17.4 Å². The molecule has 1 saturated heterocycles. The lowest BCUT2D eigenvalue weighted by Crippen LogP contribution is -2.41. The highest BCUT2D eigenvalue weighted by Crippen LogP contribution is 2.34. The van der Waals surface area contributed by atoms with Crippen molar-refractivity contribution in [2.45, 2.75) is 25.5 Å². The standard InChI is InChI=1S/C25H31N5O6/c1-4-34-19-10-16-9-17(11-19)26-5-6-29-18(12-21(25(29)31)35-8-7-32-2)15-36-24-22(33-3)14-30-23(28-24)20(16)13-27-30/h9-11,13-14,18,21,26H,4-8,12,15H2,1-3H3/t18-,21+/m0/s1. The highest BCUT2D eigenvalue weighted by Gasteiger charge is 2.40. The van der Waals surface area contributed by atoms with Crippen LogP contribution in [0.3, 0.4) is 0 Å². The van der Waals surface area contributed by atoms with Crippen molar-refractivity contribution < 1.29 is 28.5 Å². The van der Waals surface area contributed by atoms with Crippen molar-refractivity contribution >= 4 is 17.2 Å². The van der Waals surface area contributed by atoms with E-state index in [1.54, 1.807) is 31.1 Å². The summed E-state index contributed by atoms with van der Waals surface area (Å²) in [7, 11) is 3.17. The molecular weight excluding hydrogens is 466 g/mol. The van der Waals surface area contributed by atoms with Gasteiger partial charge >= 0.3 is 0 Å². The first-order valence-electron chi connectivity index (χ1n) is 12.1. The molecule has 2 atom stereocenters. The van der Waals surface area contributed by atoms with Crippen LogP contribution in [-0.2, 0) is 14.3 Å². The number of methoxy groups -OCH3 is 2. The van der Waals surface area contributed by atoms with Crippen LogP contribution in [0.1, 0.15) is 13.3 Å². The second-order valence-corrected chi connectivity index (χ2v) is 8.63. The van der Waals surface area contributed by atoms with Gasteiger partial charge in [0.05, 0.1) is 45.4 Å². The van der Waals surface area contributed by atoms with Gasteiger partial charge in [0.15, 0.2) is 11.4 Å². The Morgan fingerprint density at radius 2 is 2.11 bits per heavy atom. The summed E-state index contributed by atoms with van der Waals surface area (Å²) < 4.78 is 30.1. The summed E-state index contributed by atoms with van der Waals surface area (Å²) in [5.41, 5.74) is 3.25. The maximum absolute atomic E-state index is 13.2. The van der Waals surface area contributed by atoms with Crippen molar-refractivity contribution in [1.29, 1.82) is 0 Å². The first-order valence-corrected chi connectivity index (χ1v) is 12.1. The van der Waals surface area contributed by atoms with Crippen LogP contribution < -0.4 is 19.5 Å². The molecule has 1 N–H and O–H groups in total. The lowest BCUT2D eigenvalue weighted by molar-refractivity contribution is -0.138. The summed E-state index contributed by atoms with van der Waals surface area (Å²) >= 11 is 0. The van der Waals surface area contributed by atoms with Crippen LogP contribution in [0.25, 0.3) is 16.8 Å². The number of carbonyl (C=O) groups excluding carboxylic acids is 1. The summed E-state index contributed by atoms with van der Waals surface area (Å²) in [4.78, 5) is 19.8. The summed E-state index contributed by atoms with van der Waals surface area (Å²) in [5, 5.41) is 7.92. The first-order chi connectivity index (χ1) is 17.6. The third-order valence-electron chi connectivity index (χ3n) is 6.36. The Hall–Kier alpha value is -3.57. The van der Waals surface area contributed by atoms with Crippen LogP contribution in [0, 0.1) is 0 Å². The predicted octanol–water partition coefficient (Wildman–Crippen LogP) is 2.24. The fourth-order valence-electron chi connectivity index (χ4n) is 4.63. The number of aromatic nitrogens is 3.